The van der Waals surface area contributed by atoms with Crippen molar-refractivity contribution in [3.8, 4) is 0 Å². The van der Waals surface area contributed by atoms with Gasteiger partial charge < -0.3 is 15.3 Å². The van der Waals surface area contributed by atoms with Gasteiger partial charge in [0.2, 0.25) is 5.91 Å². The van der Waals surface area contributed by atoms with E-state index in [2.05, 4.69) is 5.32 Å². The maximum absolute atomic E-state index is 11.7. The van der Waals surface area contributed by atoms with E-state index in [0.717, 1.165) is 45.3 Å². The average Bonchev–Trinajstić information content (AvgIpc) is 2.24. The molecular weight excluding hydrogens is 192 g/mol. The first-order valence-electron chi connectivity index (χ1n) is 5.88. The molecule has 1 fully saturated rings. The van der Waals surface area contributed by atoms with Crippen LogP contribution in [-0.2, 0) is 4.79 Å². The molecule has 0 aliphatic carbocycles. The Balaban J connectivity index is 2.12. The molecule has 88 valence electrons. The zero-order chi connectivity index (χ0) is 11.1. The van der Waals surface area contributed by atoms with Crippen molar-refractivity contribution in [3.05, 3.63) is 0 Å². The lowest BCUT2D eigenvalue weighted by Gasteiger charge is -2.31. The van der Waals surface area contributed by atoms with Crippen LogP contribution in [0.4, 0.5) is 0 Å². The van der Waals surface area contributed by atoms with Crippen molar-refractivity contribution >= 4 is 5.91 Å². The van der Waals surface area contributed by atoms with Crippen LogP contribution in [0.5, 0.6) is 0 Å². The zero-order valence-electron chi connectivity index (χ0n) is 9.54. The molecule has 0 saturated carbocycles. The van der Waals surface area contributed by atoms with E-state index in [1.165, 1.54) is 0 Å². The predicted octanol–water partition coefficient (Wildman–Crippen LogP) is 0.359. The van der Waals surface area contributed by atoms with E-state index in [0.29, 0.717) is 0 Å². The molecule has 1 amide bonds. The fraction of sp³-hybridized carbons (Fsp3) is 0.909. The van der Waals surface area contributed by atoms with Crippen LogP contribution in [-0.4, -0.2) is 48.2 Å². The zero-order valence-corrected chi connectivity index (χ0v) is 9.54. The summed E-state index contributed by atoms with van der Waals surface area (Å²) in [6.07, 6.45) is 4.10. The highest BCUT2D eigenvalue weighted by Gasteiger charge is 2.23. The first kappa shape index (κ1) is 12.5. The second-order valence-corrected chi connectivity index (χ2v) is 4.14. The molecular formula is C11H22N2O2. The molecule has 0 spiro atoms. The fourth-order valence-corrected chi connectivity index (χ4v) is 1.88. The van der Waals surface area contributed by atoms with Gasteiger partial charge in [0.15, 0.2) is 0 Å². The summed E-state index contributed by atoms with van der Waals surface area (Å²) in [5.41, 5.74) is 0. The molecule has 4 nitrogen and oxygen atoms in total. The van der Waals surface area contributed by atoms with E-state index < -0.39 is 0 Å². The highest BCUT2D eigenvalue weighted by Crippen LogP contribution is 2.05. The lowest BCUT2D eigenvalue weighted by Crippen LogP contribution is -2.53. The number of hydrogen-bond acceptors (Lipinski definition) is 3. The molecule has 1 rings (SSSR count). The van der Waals surface area contributed by atoms with Gasteiger partial charge in [-0.15, -0.1) is 0 Å². The Morgan fingerprint density at radius 1 is 1.40 bits per heavy atom. The third kappa shape index (κ3) is 4.18. The first-order valence-corrected chi connectivity index (χ1v) is 5.88. The maximum atomic E-state index is 11.7. The van der Waals surface area contributed by atoms with Crippen molar-refractivity contribution in [2.45, 2.75) is 38.6 Å². The number of aliphatic hydroxyl groups excluding tert-OH is 1. The summed E-state index contributed by atoms with van der Waals surface area (Å²) >= 11 is 0. The van der Waals surface area contributed by atoms with Crippen LogP contribution in [0.3, 0.4) is 0 Å². The molecule has 0 aromatic heterocycles. The minimum atomic E-state index is -0.0174. The van der Waals surface area contributed by atoms with Crippen LogP contribution in [0.2, 0.25) is 0 Å². The summed E-state index contributed by atoms with van der Waals surface area (Å²) in [6.45, 7) is 4.81. The number of nitrogens with zero attached hydrogens (tertiary/aromatic N) is 1. The molecule has 1 heterocycles. The summed E-state index contributed by atoms with van der Waals surface area (Å²) < 4.78 is 0. The van der Waals surface area contributed by atoms with Gasteiger partial charge in [-0.2, -0.15) is 0 Å². The third-order valence-corrected chi connectivity index (χ3v) is 2.85. The molecule has 0 aromatic carbocycles. The van der Waals surface area contributed by atoms with Gasteiger partial charge in [-0.25, -0.2) is 0 Å². The van der Waals surface area contributed by atoms with Gasteiger partial charge >= 0.3 is 0 Å². The lowest BCUT2D eigenvalue weighted by molar-refractivity contribution is -0.135. The highest BCUT2D eigenvalue weighted by atomic mass is 16.2. The van der Waals surface area contributed by atoms with E-state index in [9.17, 15) is 4.79 Å². The number of amides is 1. The Hall–Kier alpha value is -0.610. The van der Waals surface area contributed by atoms with Crippen LogP contribution in [0.25, 0.3) is 0 Å². The Morgan fingerprint density at radius 2 is 2.13 bits per heavy atom. The van der Waals surface area contributed by atoms with Crippen molar-refractivity contribution in [1.82, 2.24) is 10.2 Å². The van der Waals surface area contributed by atoms with Crippen LogP contribution < -0.4 is 5.32 Å². The molecule has 4 heteroatoms. The van der Waals surface area contributed by atoms with E-state index in [-0.39, 0.29) is 18.6 Å². The SMILES string of the molecule is CC1NCCN(CCCCCCO)C1=O. The van der Waals surface area contributed by atoms with E-state index in [1.54, 1.807) is 0 Å². The van der Waals surface area contributed by atoms with Gasteiger partial charge in [0.05, 0.1) is 6.04 Å². The molecule has 1 aliphatic rings. The average molecular weight is 214 g/mol. The van der Waals surface area contributed by atoms with Gasteiger partial charge in [0, 0.05) is 26.2 Å². The maximum Gasteiger partial charge on any atom is 0.239 e. The van der Waals surface area contributed by atoms with Gasteiger partial charge in [0.25, 0.3) is 0 Å². The Labute approximate surface area is 91.6 Å². The smallest absolute Gasteiger partial charge is 0.239 e. The summed E-state index contributed by atoms with van der Waals surface area (Å²) in [4.78, 5) is 13.6. The largest absolute Gasteiger partial charge is 0.396 e. The third-order valence-electron chi connectivity index (χ3n) is 2.85. The molecule has 1 aliphatic heterocycles. The summed E-state index contributed by atoms with van der Waals surface area (Å²) in [5.74, 6) is 0.225. The number of piperazine rings is 1. The van der Waals surface area contributed by atoms with Gasteiger partial charge in [-0.3, -0.25) is 4.79 Å². The van der Waals surface area contributed by atoms with Crippen LogP contribution in [0, 0.1) is 0 Å². The number of hydrogen-bond donors (Lipinski definition) is 2. The number of carbonyl (C=O) groups is 1. The molecule has 0 bridgehead atoms. The van der Waals surface area contributed by atoms with Gasteiger partial charge in [-0.1, -0.05) is 12.8 Å². The minimum Gasteiger partial charge on any atom is -0.396 e. The lowest BCUT2D eigenvalue weighted by atomic mass is 10.1. The van der Waals surface area contributed by atoms with Crippen molar-refractivity contribution in [2.75, 3.05) is 26.2 Å². The fourth-order valence-electron chi connectivity index (χ4n) is 1.88. The number of rotatable bonds is 6. The molecule has 1 atom stereocenters. The van der Waals surface area contributed by atoms with Gasteiger partial charge in [0.1, 0.15) is 0 Å². The summed E-state index contributed by atoms with van der Waals surface area (Å²) in [5, 5.41) is 11.8. The van der Waals surface area contributed by atoms with Crippen molar-refractivity contribution in [3.63, 3.8) is 0 Å². The highest BCUT2D eigenvalue weighted by molar-refractivity contribution is 5.82. The predicted molar refractivity (Wildman–Crippen MR) is 59.6 cm³/mol. The molecule has 1 unspecified atom stereocenters. The summed E-state index contributed by atoms with van der Waals surface area (Å²) in [7, 11) is 0. The van der Waals surface area contributed by atoms with Gasteiger partial charge in [-0.05, 0) is 19.8 Å². The molecule has 15 heavy (non-hydrogen) atoms. The number of nitrogens with one attached hydrogen (secondary N) is 1. The Morgan fingerprint density at radius 3 is 2.87 bits per heavy atom. The minimum absolute atomic E-state index is 0.0174. The van der Waals surface area contributed by atoms with Crippen molar-refractivity contribution in [2.24, 2.45) is 0 Å². The molecule has 0 aromatic rings. The number of unbranched alkanes of at least 4 members (excludes halogenated alkanes) is 3. The monoisotopic (exact) mass is 214 g/mol. The van der Waals surface area contributed by atoms with E-state index >= 15 is 0 Å². The Kier molecular flexibility index (Phi) is 5.65. The molecule has 1 saturated heterocycles. The van der Waals surface area contributed by atoms with Crippen LogP contribution in [0.15, 0.2) is 0 Å². The van der Waals surface area contributed by atoms with Crippen LogP contribution >= 0.6 is 0 Å². The number of aliphatic hydroxyl groups is 1. The Bertz CT molecular complexity index is 197. The first-order chi connectivity index (χ1) is 7.25. The summed E-state index contributed by atoms with van der Waals surface area (Å²) in [6, 6.07) is -0.0174. The topological polar surface area (TPSA) is 52.6 Å². The van der Waals surface area contributed by atoms with E-state index in [4.69, 9.17) is 5.11 Å². The standard InChI is InChI=1S/C11H22N2O2/c1-10-11(15)13(8-6-12-10)7-4-2-3-5-9-14/h10,12,14H,2-9H2,1H3. The second-order valence-electron chi connectivity index (χ2n) is 4.14. The van der Waals surface area contributed by atoms with Crippen molar-refractivity contribution < 1.29 is 9.90 Å². The molecule has 0 radical (unpaired) electrons. The molecule has 2 N–H and O–H groups in total. The second kappa shape index (κ2) is 6.80. The van der Waals surface area contributed by atoms with Crippen LogP contribution in [0.1, 0.15) is 32.6 Å². The van der Waals surface area contributed by atoms with E-state index in [1.807, 2.05) is 11.8 Å². The number of carbonyl (C=O) groups excluding carboxylic acids is 1. The van der Waals surface area contributed by atoms with Crippen molar-refractivity contribution in [1.29, 1.82) is 0 Å². The normalized spacial score (nSPS) is 22.1. The quantitative estimate of drug-likeness (QED) is 0.628.